The second-order valence-corrected chi connectivity index (χ2v) is 7.34. The summed E-state index contributed by atoms with van der Waals surface area (Å²) in [6.45, 7) is 6.72. The molecule has 5 nitrogen and oxygen atoms in total. The van der Waals surface area contributed by atoms with Gasteiger partial charge in [0.15, 0.2) is 6.61 Å². The number of carbonyl (C=O) groups excluding carboxylic acids is 2. The van der Waals surface area contributed by atoms with Gasteiger partial charge in [0.1, 0.15) is 5.75 Å². The molecule has 0 aliphatic rings. The Bertz CT molecular complexity index is 784. The smallest absolute Gasteiger partial charge is 0.338 e. The summed E-state index contributed by atoms with van der Waals surface area (Å²) in [6.07, 6.45) is 4.25. The van der Waals surface area contributed by atoms with Gasteiger partial charge in [0.2, 0.25) is 0 Å². The van der Waals surface area contributed by atoms with Gasteiger partial charge in [-0.25, -0.2) is 4.79 Å². The van der Waals surface area contributed by atoms with E-state index in [1.807, 2.05) is 24.3 Å². The van der Waals surface area contributed by atoms with Crippen molar-refractivity contribution in [1.82, 2.24) is 0 Å². The number of ether oxygens (including phenoxy) is 2. The van der Waals surface area contributed by atoms with Crippen molar-refractivity contribution in [2.75, 3.05) is 18.5 Å². The minimum atomic E-state index is -0.340. The zero-order chi connectivity index (χ0) is 21.1. The Labute approximate surface area is 173 Å². The third kappa shape index (κ3) is 7.98. The van der Waals surface area contributed by atoms with Crippen molar-refractivity contribution in [3.05, 3.63) is 59.7 Å². The Balaban J connectivity index is 1.77. The van der Waals surface area contributed by atoms with E-state index in [1.165, 1.54) is 0 Å². The zero-order valence-electron chi connectivity index (χ0n) is 17.6. The predicted octanol–water partition coefficient (Wildman–Crippen LogP) is 5.56. The van der Waals surface area contributed by atoms with E-state index >= 15 is 0 Å². The van der Waals surface area contributed by atoms with E-state index in [4.69, 9.17) is 9.47 Å². The maximum absolute atomic E-state index is 12.1. The van der Waals surface area contributed by atoms with Crippen LogP contribution in [0, 0.1) is 0 Å². The molecular weight excluding hydrogens is 366 g/mol. The van der Waals surface area contributed by atoms with Crippen molar-refractivity contribution in [2.45, 2.75) is 52.4 Å². The zero-order valence-corrected chi connectivity index (χ0v) is 17.6. The minimum Gasteiger partial charge on any atom is -0.484 e. The minimum absolute atomic E-state index is 0.0803. The van der Waals surface area contributed by atoms with Crippen LogP contribution in [-0.4, -0.2) is 25.1 Å². The van der Waals surface area contributed by atoms with Gasteiger partial charge in [-0.3, -0.25) is 4.79 Å². The van der Waals surface area contributed by atoms with Crippen molar-refractivity contribution in [3.8, 4) is 5.75 Å². The van der Waals surface area contributed by atoms with Crippen molar-refractivity contribution >= 4 is 17.6 Å². The van der Waals surface area contributed by atoms with Gasteiger partial charge in [-0.2, -0.15) is 0 Å². The van der Waals surface area contributed by atoms with Gasteiger partial charge in [0.05, 0.1) is 12.2 Å². The molecule has 5 heteroatoms. The number of anilines is 1. The van der Waals surface area contributed by atoms with Crippen LogP contribution in [0.5, 0.6) is 5.75 Å². The predicted molar refractivity (Wildman–Crippen MR) is 116 cm³/mol. The number of carbonyl (C=O) groups is 2. The fraction of sp³-hybridized carbons (Fsp3) is 0.417. The molecule has 0 aliphatic heterocycles. The second kappa shape index (κ2) is 11.9. The maximum atomic E-state index is 12.1. The van der Waals surface area contributed by atoms with Gasteiger partial charge >= 0.3 is 5.97 Å². The fourth-order valence-corrected chi connectivity index (χ4v) is 2.78. The van der Waals surface area contributed by atoms with Crippen molar-refractivity contribution in [3.63, 3.8) is 0 Å². The molecule has 0 saturated heterocycles. The topological polar surface area (TPSA) is 64.6 Å². The fourth-order valence-electron chi connectivity index (χ4n) is 2.78. The molecule has 0 atom stereocenters. The molecule has 0 heterocycles. The summed E-state index contributed by atoms with van der Waals surface area (Å²) < 4.78 is 10.8. The molecule has 0 radical (unpaired) electrons. The third-order valence-electron chi connectivity index (χ3n) is 4.53. The molecule has 0 aromatic heterocycles. The van der Waals surface area contributed by atoms with Gasteiger partial charge < -0.3 is 14.8 Å². The quantitative estimate of drug-likeness (QED) is 0.398. The average molecular weight is 398 g/mol. The number of hydrogen-bond donors (Lipinski definition) is 1. The first kappa shape index (κ1) is 22.5. The standard InChI is InChI=1S/C24H31NO4/c1-4-5-6-7-15-28-24(27)19-11-13-21(14-12-19)25-23(26)17-29-22-10-8-9-20(16-22)18(2)3/h8-14,16,18H,4-7,15,17H2,1-3H3,(H,25,26). The number of hydrogen-bond acceptors (Lipinski definition) is 4. The summed E-state index contributed by atoms with van der Waals surface area (Å²) in [5.74, 6) is 0.469. The molecule has 29 heavy (non-hydrogen) atoms. The molecule has 2 aromatic carbocycles. The van der Waals surface area contributed by atoms with E-state index in [9.17, 15) is 9.59 Å². The lowest BCUT2D eigenvalue weighted by Gasteiger charge is -2.10. The lowest BCUT2D eigenvalue weighted by molar-refractivity contribution is -0.118. The third-order valence-corrected chi connectivity index (χ3v) is 4.53. The highest BCUT2D eigenvalue weighted by atomic mass is 16.5. The van der Waals surface area contributed by atoms with Crippen molar-refractivity contribution in [1.29, 1.82) is 0 Å². The first-order chi connectivity index (χ1) is 14.0. The molecule has 1 N–H and O–H groups in total. The van der Waals surface area contributed by atoms with E-state index in [1.54, 1.807) is 24.3 Å². The highest BCUT2D eigenvalue weighted by molar-refractivity contribution is 5.93. The highest BCUT2D eigenvalue weighted by Crippen LogP contribution is 2.20. The molecule has 0 bridgehead atoms. The molecule has 1 amide bonds. The maximum Gasteiger partial charge on any atom is 0.338 e. The van der Waals surface area contributed by atoms with Crippen LogP contribution in [0.4, 0.5) is 5.69 Å². The van der Waals surface area contributed by atoms with E-state index < -0.39 is 0 Å². The number of nitrogens with one attached hydrogen (secondary N) is 1. The summed E-state index contributed by atoms with van der Waals surface area (Å²) in [4.78, 5) is 24.1. The lowest BCUT2D eigenvalue weighted by atomic mass is 10.0. The number of unbranched alkanes of at least 4 members (excludes halogenated alkanes) is 3. The molecular formula is C24H31NO4. The second-order valence-electron chi connectivity index (χ2n) is 7.34. The average Bonchev–Trinajstić information content (AvgIpc) is 2.72. The van der Waals surface area contributed by atoms with Crippen LogP contribution in [0.2, 0.25) is 0 Å². The first-order valence-electron chi connectivity index (χ1n) is 10.3. The molecule has 156 valence electrons. The summed E-state index contributed by atoms with van der Waals surface area (Å²) in [5, 5.41) is 2.77. The first-order valence-corrected chi connectivity index (χ1v) is 10.3. The van der Waals surface area contributed by atoms with Crippen LogP contribution in [0.3, 0.4) is 0 Å². The monoisotopic (exact) mass is 397 g/mol. The number of rotatable bonds is 11. The number of benzene rings is 2. The molecule has 0 fully saturated rings. The molecule has 0 spiro atoms. The van der Waals surface area contributed by atoms with E-state index in [2.05, 4.69) is 26.1 Å². The van der Waals surface area contributed by atoms with E-state index in [0.717, 1.165) is 31.2 Å². The van der Waals surface area contributed by atoms with Crippen LogP contribution in [-0.2, 0) is 9.53 Å². The SMILES string of the molecule is CCCCCCOC(=O)c1ccc(NC(=O)COc2cccc(C(C)C)c2)cc1. The molecule has 0 aliphatic carbocycles. The summed E-state index contributed by atoms with van der Waals surface area (Å²) in [7, 11) is 0. The Morgan fingerprint density at radius 2 is 1.76 bits per heavy atom. The van der Waals surface area contributed by atoms with Crippen molar-refractivity contribution in [2.24, 2.45) is 0 Å². The number of esters is 1. The van der Waals surface area contributed by atoms with Gasteiger partial charge in [0, 0.05) is 5.69 Å². The van der Waals surface area contributed by atoms with Crippen LogP contribution >= 0.6 is 0 Å². The van der Waals surface area contributed by atoms with Crippen molar-refractivity contribution < 1.29 is 19.1 Å². The summed E-state index contributed by atoms with van der Waals surface area (Å²) in [5.41, 5.74) is 2.24. The lowest BCUT2D eigenvalue weighted by Crippen LogP contribution is -2.20. The van der Waals surface area contributed by atoms with Crippen LogP contribution in [0.1, 0.15) is 68.3 Å². The van der Waals surface area contributed by atoms with E-state index in [0.29, 0.717) is 29.5 Å². The summed E-state index contributed by atoms with van der Waals surface area (Å²) in [6, 6.07) is 14.4. The Kier molecular flexibility index (Phi) is 9.22. The van der Waals surface area contributed by atoms with Gasteiger partial charge in [-0.05, 0) is 54.3 Å². The van der Waals surface area contributed by atoms with Gasteiger partial charge in [0.25, 0.3) is 5.91 Å². The molecule has 0 unspecified atom stereocenters. The van der Waals surface area contributed by atoms with Crippen LogP contribution in [0.25, 0.3) is 0 Å². The largest absolute Gasteiger partial charge is 0.484 e. The van der Waals surface area contributed by atoms with E-state index in [-0.39, 0.29) is 18.5 Å². The van der Waals surface area contributed by atoms with Gasteiger partial charge in [-0.15, -0.1) is 0 Å². The van der Waals surface area contributed by atoms with Gasteiger partial charge in [-0.1, -0.05) is 52.2 Å². The normalized spacial score (nSPS) is 10.6. The Morgan fingerprint density at radius 3 is 2.45 bits per heavy atom. The number of amides is 1. The molecule has 2 aromatic rings. The Morgan fingerprint density at radius 1 is 1.00 bits per heavy atom. The van der Waals surface area contributed by atoms with Crippen LogP contribution < -0.4 is 10.1 Å². The Hall–Kier alpha value is -2.82. The van der Waals surface area contributed by atoms with Crippen LogP contribution in [0.15, 0.2) is 48.5 Å². The highest BCUT2D eigenvalue weighted by Gasteiger charge is 2.09. The summed E-state index contributed by atoms with van der Waals surface area (Å²) >= 11 is 0. The molecule has 0 saturated carbocycles. The molecule has 2 rings (SSSR count).